The molecule has 1 aromatic carbocycles. The minimum atomic E-state index is -0.442. The van der Waals surface area contributed by atoms with Gasteiger partial charge in [-0.05, 0) is 24.0 Å². The van der Waals surface area contributed by atoms with Gasteiger partial charge in [-0.15, -0.1) is 0 Å². The molecule has 2 aromatic rings. The average molecular weight is 288 g/mol. The number of nitrogens with zero attached hydrogens (tertiary/aromatic N) is 2. The van der Waals surface area contributed by atoms with E-state index < -0.39 is 5.82 Å². The molecule has 0 aliphatic rings. The molecule has 3 nitrogen and oxygen atoms in total. The molecule has 0 spiro atoms. The Hall–Kier alpha value is -0.940. The number of rotatable bonds is 4. The first kappa shape index (κ1) is 13.5. The zero-order chi connectivity index (χ0) is 13.3. The highest BCUT2D eigenvalue weighted by Crippen LogP contribution is 2.25. The summed E-state index contributed by atoms with van der Waals surface area (Å²) in [5.41, 5.74) is 7.21. The Morgan fingerprint density at radius 1 is 1.56 bits per heavy atom. The predicted octanol–water partition coefficient (Wildman–Crippen LogP) is 3.41. The van der Waals surface area contributed by atoms with E-state index in [0.29, 0.717) is 22.9 Å². The van der Waals surface area contributed by atoms with Crippen molar-refractivity contribution in [3.8, 4) is 0 Å². The lowest BCUT2D eigenvalue weighted by atomic mass is 10.2. The van der Waals surface area contributed by atoms with Gasteiger partial charge in [0.2, 0.25) is 5.95 Å². The fraction of sp³-hybridized carbons (Fsp3) is 0.417. The number of thioether (sulfide) groups is 1. The first-order chi connectivity index (χ1) is 8.52. The lowest BCUT2D eigenvalue weighted by molar-refractivity contribution is 0.545. The number of nitrogen functional groups attached to an aromatic ring is 1. The number of aromatic nitrogens is 2. The number of halogens is 2. The lowest BCUT2D eigenvalue weighted by Crippen LogP contribution is -2.12. The molecule has 0 saturated heterocycles. The summed E-state index contributed by atoms with van der Waals surface area (Å²) >= 11 is 7.51. The number of hydrogen-bond donors (Lipinski definition) is 1. The quantitative estimate of drug-likeness (QED) is 0.937. The van der Waals surface area contributed by atoms with Crippen LogP contribution >= 0.6 is 23.4 Å². The Kier molecular flexibility index (Phi) is 4.02. The smallest absolute Gasteiger partial charge is 0.201 e. The van der Waals surface area contributed by atoms with E-state index >= 15 is 0 Å². The van der Waals surface area contributed by atoms with Crippen LogP contribution < -0.4 is 5.73 Å². The predicted molar refractivity (Wildman–Crippen MR) is 76.7 cm³/mol. The van der Waals surface area contributed by atoms with Crippen molar-refractivity contribution >= 4 is 40.3 Å². The van der Waals surface area contributed by atoms with Gasteiger partial charge in [0.1, 0.15) is 5.82 Å². The molecule has 1 heterocycles. The highest BCUT2D eigenvalue weighted by atomic mass is 35.5. The van der Waals surface area contributed by atoms with Gasteiger partial charge in [0.15, 0.2) is 0 Å². The molecule has 0 amide bonds. The van der Waals surface area contributed by atoms with Crippen LogP contribution in [0, 0.1) is 11.7 Å². The molecule has 1 unspecified atom stereocenters. The topological polar surface area (TPSA) is 43.8 Å². The minimum absolute atomic E-state index is 0.0734. The number of nitrogens with two attached hydrogens (primary N) is 1. The van der Waals surface area contributed by atoms with E-state index in [1.807, 2.05) is 4.57 Å². The van der Waals surface area contributed by atoms with Crippen LogP contribution in [0.5, 0.6) is 0 Å². The van der Waals surface area contributed by atoms with Crippen LogP contribution in [0.4, 0.5) is 10.3 Å². The van der Waals surface area contributed by atoms with E-state index in [4.69, 9.17) is 17.3 Å². The van der Waals surface area contributed by atoms with Crippen LogP contribution in [-0.4, -0.2) is 21.6 Å². The summed E-state index contributed by atoms with van der Waals surface area (Å²) < 4.78 is 15.3. The summed E-state index contributed by atoms with van der Waals surface area (Å²) in [6, 6.07) is 2.91. The van der Waals surface area contributed by atoms with Gasteiger partial charge in [-0.25, -0.2) is 9.37 Å². The second kappa shape index (κ2) is 5.36. The number of benzene rings is 1. The molecule has 6 heteroatoms. The third-order valence-electron chi connectivity index (χ3n) is 2.77. The van der Waals surface area contributed by atoms with Crippen LogP contribution in [0.1, 0.15) is 6.92 Å². The van der Waals surface area contributed by atoms with Crippen LogP contribution in [0.15, 0.2) is 12.1 Å². The van der Waals surface area contributed by atoms with Gasteiger partial charge in [-0.1, -0.05) is 18.5 Å². The van der Waals surface area contributed by atoms with Gasteiger partial charge >= 0.3 is 0 Å². The normalized spacial score (nSPS) is 13.1. The zero-order valence-corrected chi connectivity index (χ0v) is 11.9. The largest absolute Gasteiger partial charge is 0.369 e. The number of fused-ring (bicyclic) bond motifs is 1. The Morgan fingerprint density at radius 2 is 2.28 bits per heavy atom. The fourth-order valence-electron chi connectivity index (χ4n) is 1.98. The van der Waals surface area contributed by atoms with E-state index in [-0.39, 0.29) is 5.02 Å². The molecule has 0 aliphatic carbocycles. The molecule has 1 aromatic heterocycles. The minimum Gasteiger partial charge on any atom is -0.369 e. The fourth-order valence-corrected chi connectivity index (χ4v) is 2.81. The third-order valence-corrected chi connectivity index (χ3v) is 3.96. The standard InChI is InChI=1S/C12H15ClFN3S/c1-7(6-18-2)5-17-11-4-9(14)8(13)3-10(11)16-12(17)15/h3-4,7H,5-6H2,1-2H3,(H2,15,16). The molecule has 0 saturated carbocycles. The Balaban J connectivity index is 2.43. The van der Waals surface area contributed by atoms with Crippen LogP contribution in [0.2, 0.25) is 5.02 Å². The second-order valence-corrected chi connectivity index (χ2v) is 5.71. The molecule has 0 fully saturated rings. The molecule has 0 radical (unpaired) electrons. The summed E-state index contributed by atoms with van der Waals surface area (Å²) in [4.78, 5) is 4.21. The van der Waals surface area contributed by atoms with Crippen molar-refractivity contribution in [2.24, 2.45) is 5.92 Å². The number of imidazole rings is 1. The average Bonchev–Trinajstić information content (AvgIpc) is 2.57. The summed E-state index contributed by atoms with van der Waals surface area (Å²) in [7, 11) is 0. The number of anilines is 1. The van der Waals surface area contributed by atoms with Gasteiger partial charge in [-0.3, -0.25) is 0 Å². The molecule has 0 aliphatic heterocycles. The van der Waals surface area contributed by atoms with E-state index in [9.17, 15) is 4.39 Å². The Labute approximate surface area is 115 Å². The van der Waals surface area contributed by atoms with Crippen molar-refractivity contribution in [1.82, 2.24) is 9.55 Å². The molecule has 2 N–H and O–H groups in total. The molecular formula is C12H15ClFN3S. The summed E-state index contributed by atoms with van der Waals surface area (Å²) in [5, 5.41) is 0.0734. The van der Waals surface area contributed by atoms with Gasteiger partial charge in [-0.2, -0.15) is 11.8 Å². The maximum Gasteiger partial charge on any atom is 0.201 e. The van der Waals surface area contributed by atoms with Crippen LogP contribution in [0.3, 0.4) is 0 Å². The zero-order valence-electron chi connectivity index (χ0n) is 10.3. The lowest BCUT2D eigenvalue weighted by Gasteiger charge is -2.12. The van der Waals surface area contributed by atoms with E-state index in [1.165, 1.54) is 12.1 Å². The van der Waals surface area contributed by atoms with Gasteiger partial charge in [0.25, 0.3) is 0 Å². The first-order valence-corrected chi connectivity index (χ1v) is 7.39. The van der Waals surface area contributed by atoms with Crippen molar-refractivity contribution in [2.75, 3.05) is 17.7 Å². The number of hydrogen-bond acceptors (Lipinski definition) is 3. The SMILES string of the molecule is CSCC(C)Cn1c(N)nc2cc(Cl)c(F)cc21. The van der Waals surface area contributed by atoms with Crippen molar-refractivity contribution in [1.29, 1.82) is 0 Å². The summed E-state index contributed by atoms with van der Waals surface area (Å²) in [5.74, 6) is 1.43. The maximum atomic E-state index is 13.5. The summed E-state index contributed by atoms with van der Waals surface area (Å²) in [6.45, 7) is 2.86. The van der Waals surface area contributed by atoms with E-state index in [2.05, 4.69) is 18.2 Å². The van der Waals surface area contributed by atoms with Crippen molar-refractivity contribution in [3.63, 3.8) is 0 Å². The van der Waals surface area contributed by atoms with Gasteiger partial charge in [0, 0.05) is 12.6 Å². The highest BCUT2D eigenvalue weighted by Gasteiger charge is 2.13. The maximum absolute atomic E-state index is 13.5. The molecule has 2 rings (SSSR count). The Bertz CT molecular complexity index is 570. The molecule has 98 valence electrons. The monoisotopic (exact) mass is 287 g/mol. The third kappa shape index (κ3) is 2.57. The van der Waals surface area contributed by atoms with E-state index in [1.54, 1.807) is 11.8 Å². The van der Waals surface area contributed by atoms with Crippen molar-refractivity contribution in [3.05, 3.63) is 23.0 Å². The molecule has 1 atom stereocenters. The van der Waals surface area contributed by atoms with Crippen molar-refractivity contribution < 1.29 is 4.39 Å². The molecule has 18 heavy (non-hydrogen) atoms. The molecular weight excluding hydrogens is 273 g/mol. The van der Waals surface area contributed by atoms with E-state index in [0.717, 1.165) is 12.3 Å². The second-order valence-electron chi connectivity index (χ2n) is 4.40. The van der Waals surface area contributed by atoms with Crippen molar-refractivity contribution in [2.45, 2.75) is 13.5 Å². The highest BCUT2D eigenvalue weighted by molar-refractivity contribution is 7.98. The first-order valence-electron chi connectivity index (χ1n) is 5.62. The van der Waals surface area contributed by atoms with Gasteiger partial charge in [0.05, 0.1) is 16.1 Å². The van der Waals surface area contributed by atoms with Gasteiger partial charge < -0.3 is 10.3 Å². The molecule has 0 bridgehead atoms. The Morgan fingerprint density at radius 3 is 2.94 bits per heavy atom. The summed E-state index contributed by atoms with van der Waals surface area (Å²) in [6.07, 6.45) is 2.06. The van der Waals surface area contributed by atoms with Crippen LogP contribution in [0.25, 0.3) is 11.0 Å². The van der Waals surface area contributed by atoms with Crippen LogP contribution in [-0.2, 0) is 6.54 Å².